The highest BCUT2D eigenvalue weighted by Crippen LogP contribution is 2.28. The fourth-order valence-electron chi connectivity index (χ4n) is 1.53. The topological polar surface area (TPSA) is 4.93 Å². The Morgan fingerprint density at radius 3 is 2.64 bits per heavy atom. The van der Waals surface area contributed by atoms with Gasteiger partial charge >= 0.3 is 0 Å². The van der Waals surface area contributed by atoms with E-state index in [2.05, 4.69) is 15.9 Å². The van der Waals surface area contributed by atoms with E-state index in [-0.39, 0.29) is 5.69 Å². The van der Waals surface area contributed by atoms with Crippen LogP contribution in [0.15, 0.2) is 28.7 Å². The minimum Gasteiger partial charge on any atom is -0.343 e. The van der Waals surface area contributed by atoms with Crippen LogP contribution in [0.1, 0.15) is 12.1 Å². The third-order valence-electron chi connectivity index (χ3n) is 2.27. The van der Waals surface area contributed by atoms with Crippen molar-refractivity contribution in [2.75, 3.05) is 0 Å². The molecule has 0 amide bonds. The predicted octanol–water partition coefficient (Wildman–Crippen LogP) is 3.88. The number of benzene rings is 1. The second kappa shape index (κ2) is 3.35. The van der Waals surface area contributed by atoms with E-state index in [9.17, 15) is 8.78 Å². The molecule has 0 bridgehead atoms. The monoisotopic (exact) mass is 259 g/mol. The molecule has 2 aromatic rings. The van der Waals surface area contributed by atoms with Gasteiger partial charge in [0.25, 0.3) is 6.43 Å². The van der Waals surface area contributed by atoms with E-state index < -0.39 is 6.43 Å². The molecule has 0 atom stereocenters. The lowest BCUT2D eigenvalue weighted by atomic mass is 10.2. The van der Waals surface area contributed by atoms with E-state index in [4.69, 9.17) is 0 Å². The van der Waals surface area contributed by atoms with Crippen molar-refractivity contribution in [3.05, 3.63) is 34.4 Å². The van der Waals surface area contributed by atoms with Crippen molar-refractivity contribution in [1.82, 2.24) is 4.57 Å². The van der Waals surface area contributed by atoms with Gasteiger partial charge < -0.3 is 4.57 Å². The molecule has 1 aromatic heterocycles. The van der Waals surface area contributed by atoms with Gasteiger partial charge in [-0.15, -0.1) is 0 Å². The summed E-state index contributed by atoms with van der Waals surface area (Å²) < 4.78 is 27.5. The molecule has 0 spiro atoms. The van der Waals surface area contributed by atoms with Crippen molar-refractivity contribution >= 4 is 26.8 Å². The van der Waals surface area contributed by atoms with Crippen LogP contribution in [0.5, 0.6) is 0 Å². The van der Waals surface area contributed by atoms with Crippen LogP contribution < -0.4 is 0 Å². The number of aryl methyl sites for hydroxylation is 1. The molecule has 2 rings (SSSR count). The normalized spacial score (nSPS) is 11.5. The lowest BCUT2D eigenvalue weighted by Crippen LogP contribution is -1.95. The maximum Gasteiger partial charge on any atom is 0.278 e. The van der Waals surface area contributed by atoms with Gasteiger partial charge in [0.1, 0.15) is 0 Å². The minimum atomic E-state index is -2.42. The molecule has 0 aliphatic heterocycles. The summed E-state index contributed by atoms with van der Waals surface area (Å²) in [6.07, 6.45) is -2.42. The second-order valence-electron chi connectivity index (χ2n) is 3.13. The maximum absolute atomic E-state index is 12.5. The van der Waals surface area contributed by atoms with E-state index in [0.717, 1.165) is 15.4 Å². The van der Waals surface area contributed by atoms with E-state index in [0.29, 0.717) is 0 Å². The van der Waals surface area contributed by atoms with Crippen LogP contribution in [0.2, 0.25) is 0 Å². The van der Waals surface area contributed by atoms with Crippen LogP contribution in [0, 0.1) is 0 Å². The molecular weight excluding hydrogens is 252 g/mol. The Labute approximate surface area is 88.5 Å². The SMILES string of the molecule is Cn1c(C(F)F)cc2ccc(Br)cc21. The van der Waals surface area contributed by atoms with Crippen molar-refractivity contribution < 1.29 is 8.78 Å². The molecule has 0 saturated heterocycles. The molecule has 0 fully saturated rings. The second-order valence-corrected chi connectivity index (χ2v) is 4.05. The summed E-state index contributed by atoms with van der Waals surface area (Å²) in [5, 5.41) is 0.839. The number of nitrogens with zero attached hydrogens (tertiary/aromatic N) is 1. The molecule has 0 N–H and O–H groups in total. The smallest absolute Gasteiger partial charge is 0.278 e. The number of hydrogen-bond acceptors (Lipinski definition) is 0. The number of fused-ring (bicyclic) bond motifs is 1. The van der Waals surface area contributed by atoms with Gasteiger partial charge in [0.15, 0.2) is 0 Å². The molecule has 0 unspecified atom stereocenters. The van der Waals surface area contributed by atoms with Crippen molar-refractivity contribution in [2.24, 2.45) is 7.05 Å². The van der Waals surface area contributed by atoms with Gasteiger partial charge in [0.2, 0.25) is 0 Å². The van der Waals surface area contributed by atoms with Crippen LogP contribution in [0.3, 0.4) is 0 Å². The fourth-order valence-corrected chi connectivity index (χ4v) is 1.88. The van der Waals surface area contributed by atoms with Crippen molar-refractivity contribution in [3.63, 3.8) is 0 Å². The molecule has 0 radical (unpaired) electrons. The molecule has 0 saturated carbocycles. The average molecular weight is 260 g/mol. The average Bonchev–Trinajstić information content (AvgIpc) is 2.44. The van der Waals surface area contributed by atoms with E-state index in [1.54, 1.807) is 7.05 Å². The Bertz CT molecular complexity index is 476. The van der Waals surface area contributed by atoms with Gasteiger partial charge in [-0.3, -0.25) is 0 Å². The molecule has 0 aliphatic rings. The zero-order chi connectivity index (χ0) is 10.3. The molecule has 4 heteroatoms. The highest BCUT2D eigenvalue weighted by Gasteiger charge is 2.14. The van der Waals surface area contributed by atoms with Gasteiger partial charge in [-0.2, -0.15) is 0 Å². The van der Waals surface area contributed by atoms with Crippen molar-refractivity contribution in [1.29, 1.82) is 0 Å². The lowest BCUT2D eigenvalue weighted by molar-refractivity contribution is 0.143. The third-order valence-corrected chi connectivity index (χ3v) is 2.76. The highest BCUT2D eigenvalue weighted by molar-refractivity contribution is 9.10. The molecule has 1 heterocycles. The number of halogens is 3. The van der Waals surface area contributed by atoms with Crippen LogP contribution in [0.25, 0.3) is 10.9 Å². The van der Waals surface area contributed by atoms with Crippen molar-refractivity contribution in [2.45, 2.75) is 6.43 Å². The molecule has 1 nitrogen and oxygen atoms in total. The molecule has 14 heavy (non-hydrogen) atoms. The summed E-state index contributed by atoms with van der Waals surface area (Å²) in [7, 11) is 1.65. The summed E-state index contributed by atoms with van der Waals surface area (Å²) in [5.74, 6) is 0. The Morgan fingerprint density at radius 2 is 2.00 bits per heavy atom. The van der Waals surface area contributed by atoms with Gasteiger partial charge in [0.05, 0.1) is 5.69 Å². The summed E-state index contributed by atoms with van der Waals surface area (Å²) in [5.41, 5.74) is 0.868. The van der Waals surface area contributed by atoms with Gasteiger partial charge in [0, 0.05) is 22.4 Å². The zero-order valence-corrected chi connectivity index (χ0v) is 9.05. The number of hydrogen-bond donors (Lipinski definition) is 0. The largest absolute Gasteiger partial charge is 0.343 e. The van der Waals surface area contributed by atoms with Gasteiger partial charge in [-0.1, -0.05) is 22.0 Å². The van der Waals surface area contributed by atoms with Gasteiger partial charge in [-0.25, -0.2) is 8.78 Å². The molecule has 0 aliphatic carbocycles. The number of aromatic nitrogens is 1. The third kappa shape index (κ3) is 1.43. The molecule has 1 aromatic carbocycles. The van der Waals surface area contributed by atoms with Crippen LogP contribution in [0.4, 0.5) is 8.78 Å². The lowest BCUT2D eigenvalue weighted by Gasteiger charge is -2.02. The minimum absolute atomic E-state index is 0.0538. The van der Waals surface area contributed by atoms with E-state index in [1.165, 1.54) is 10.6 Å². The summed E-state index contributed by atoms with van der Waals surface area (Å²) in [6.45, 7) is 0. The van der Waals surface area contributed by atoms with Crippen molar-refractivity contribution in [3.8, 4) is 0 Å². The molecule has 74 valence electrons. The number of rotatable bonds is 1. The summed E-state index contributed by atoms with van der Waals surface area (Å²) >= 11 is 3.31. The predicted molar refractivity (Wildman–Crippen MR) is 55.6 cm³/mol. The first-order chi connectivity index (χ1) is 6.59. The first-order valence-electron chi connectivity index (χ1n) is 4.12. The maximum atomic E-state index is 12.5. The quantitative estimate of drug-likeness (QED) is 0.733. The highest BCUT2D eigenvalue weighted by atomic mass is 79.9. The van der Waals surface area contributed by atoms with Crippen LogP contribution >= 0.6 is 15.9 Å². The van der Waals surface area contributed by atoms with E-state index in [1.807, 2.05) is 18.2 Å². The Hall–Kier alpha value is -0.900. The first kappa shape index (κ1) is 9.65. The Morgan fingerprint density at radius 1 is 1.29 bits per heavy atom. The summed E-state index contributed by atoms with van der Waals surface area (Å²) in [4.78, 5) is 0. The standard InChI is InChI=1S/C10H8BrF2N/c1-14-8-5-7(11)3-2-6(8)4-9(14)10(12)13/h2-5,10H,1H3. The molecular formula is C10H8BrF2N. The number of alkyl halides is 2. The van der Waals surface area contributed by atoms with Crippen LogP contribution in [-0.2, 0) is 7.05 Å². The Balaban J connectivity index is 2.74. The fraction of sp³-hybridized carbons (Fsp3) is 0.200. The van der Waals surface area contributed by atoms with Gasteiger partial charge in [-0.05, 0) is 18.2 Å². The van der Waals surface area contributed by atoms with E-state index >= 15 is 0 Å². The van der Waals surface area contributed by atoms with Crippen LogP contribution in [-0.4, -0.2) is 4.57 Å². The Kier molecular flexibility index (Phi) is 2.31. The first-order valence-corrected chi connectivity index (χ1v) is 4.92. The zero-order valence-electron chi connectivity index (χ0n) is 7.47. The summed E-state index contributed by atoms with van der Waals surface area (Å²) in [6, 6.07) is 7.02.